The lowest BCUT2D eigenvalue weighted by Gasteiger charge is -2.26. The van der Waals surface area contributed by atoms with Crippen molar-refractivity contribution in [3.05, 3.63) is 78.0 Å². The standard InChI is InChI=1S/C21H18N2O2S/c24-26(25,17-10-9-15-5-1-2-6-16(15)13-17)23-12-11-21-19(14-23)18-7-3-4-8-20(18)22-21/h1-10,13,22H,11-12,14H2. The van der Waals surface area contributed by atoms with Crippen LogP contribution in [0.4, 0.5) is 0 Å². The number of H-pyrrole nitrogens is 1. The Balaban J connectivity index is 1.56. The van der Waals surface area contributed by atoms with Crippen LogP contribution in [0.1, 0.15) is 11.3 Å². The summed E-state index contributed by atoms with van der Waals surface area (Å²) in [6.07, 6.45) is 0.705. The zero-order valence-corrected chi connectivity index (χ0v) is 15.0. The molecular formula is C21H18N2O2S. The summed E-state index contributed by atoms with van der Waals surface area (Å²) < 4.78 is 28.0. The molecule has 0 radical (unpaired) electrons. The van der Waals surface area contributed by atoms with Crippen LogP contribution in [0.2, 0.25) is 0 Å². The van der Waals surface area contributed by atoms with Crippen LogP contribution in [0.3, 0.4) is 0 Å². The van der Waals surface area contributed by atoms with Crippen molar-refractivity contribution in [2.75, 3.05) is 6.54 Å². The molecular weight excluding hydrogens is 344 g/mol. The summed E-state index contributed by atoms with van der Waals surface area (Å²) in [6.45, 7) is 0.906. The van der Waals surface area contributed by atoms with Crippen molar-refractivity contribution in [3.63, 3.8) is 0 Å². The van der Waals surface area contributed by atoms with Gasteiger partial charge in [0.2, 0.25) is 10.0 Å². The highest BCUT2D eigenvalue weighted by molar-refractivity contribution is 7.89. The zero-order chi connectivity index (χ0) is 17.7. The number of aromatic amines is 1. The van der Waals surface area contributed by atoms with Gasteiger partial charge in [-0.1, -0.05) is 48.5 Å². The molecule has 1 aromatic heterocycles. The third-order valence-corrected chi connectivity index (χ3v) is 7.05. The summed E-state index contributed by atoms with van der Waals surface area (Å²) in [6, 6.07) is 21.3. The molecule has 4 nitrogen and oxygen atoms in total. The summed E-state index contributed by atoms with van der Waals surface area (Å²) in [5.74, 6) is 0. The van der Waals surface area contributed by atoms with Gasteiger partial charge in [-0.05, 0) is 34.5 Å². The first kappa shape index (κ1) is 15.6. The second kappa shape index (κ2) is 5.69. The molecule has 1 aliphatic heterocycles. The van der Waals surface area contributed by atoms with E-state index in [1.807, 2.05) is 48.5 Å². The molecule has 0 saturated heterocycles. The number of fused-ring (bicyclic) bond motifs is 4. The first-order chi connectivity index (χ1) is 12.6. The third kappa shape index (κ3) is 2.35. The van der Waals surface area contributed by atoms with E-state index < -0.39 is 10.0 Å². The molecule has 0 amide bonds. The minimum Gasteiger partial charge on any atom is -0.358 e. The quantitative estimate of drug-likeness (QED) is 0.584. The Morgan fingerprint density at radius 2 is 1.65 bits per heavy atom. The molecule has 0 unspecified atom stereocenters. The van der Waals surface area contributed by atoms with Crippen LogP contribution in [0.25, 0.3) is 21.7 Å². The predicted molar refractivity (Wildman–Crippen MR) is 104 cm³/mol. The number of sulfonamides is 1. The smallest absolute Gasteiger partial charge is 0.243 e. The maximum Gasteiger partial charge on any atom is 0.243 e. The van der Waals surface area contributed by atoms with Crippen molar-refractivity contribution >= 4 is 31.7 Å². The molecule has 0 atom stereocenters. The van der Waals surface area contributed by atoms with E-state index >= 15 is 0 Å². The van der Waals surface area contributed by atoms with Crippen molar-refractivity contribution in [1.29, 1.82) is 0 Å². The van der Waals surface area contributed by atoms with Gasteiger partial charge in [-0.25, -0.2) is 8.42 Å². The van der Waals surface area contributed by atoms with Gasteiger partial charge in [-0.15, -0.1) is 0 Å². The van der Waals surface area contributed by atoms with E-state index in [0.717, 1.165) is 32.9 Å². The van der Waals surface area contributed by atoms with Crippen molar-refractivity contribution in [2.24, 2.45) is 0 Å². The Kier molecular flexibility index (Phi) is 3.42. The molecule has 0 aliphatic carbocycles. The van der Waals surface area contributed by atoms with Crippen LogP contribution in [-0.2, 0) is 23.0 Å². The lowest BCUT2D eigenvalue weighted by atomic mass is 10.1. The summed E-state index contributed by atoms with van der Waals surface area (Å²) in [4.78, 5) is 3.79. The fraction of sp³-hybridized carbons (Fsp3) is 0.143. The third-order valence-electron chi connectivity index (χ3n) is 5.21. The van der Waals surface area contributed by atoms with E-state index in [0.29, 0.717) is 24.4 Å². The first-order valence-corrected chi connectivity index (χ1v) is 10.1. The van der Waals surface area contributed by atoms with Crippen LogP contribution in [0.5, 0.6) is 0 Å². The van der Waals surface area contributed by atoms with E-state index in [1.54, 1.807) is 16.4 Å². The molecule has 0 saturated carbocycles. The second-order valence-corrected chi connectivity index (χ2v) is 8.66. The maximum absolute atomic E-state index is 13.2. The van der Waals surface area contributed by atoms with E-state index in [1.165, 1.54) is 0 Å². The summed E-state index contributed by atoms with van der Waals surface area (Å²) in [7, 11) is -3.52. The van der Waals surface area contributed by atoms with Crippen molar-refractivity contribution in [2.45, 2.75) is 17.9 Å². The maximum atomic E-state index is 13.2. The highest BCUT2D eigenvalue weighted by Gasteiger charge is 2.30. The molecule has 1 N–H and O–H groups in total. The summed E-state index contributed by atoms with van der Waals surface area (Å²) in [5, 5.41) is 3.10. The van der Waals surface area contributed by atoms with Gasteiger partial charge >= 0.3 is 0 Å². The van der Waals surface area contributed by atoms with Crippen molar-refractivity contribution in [3.8, 4) is 0 Å². The summed E-state index contributed by atoms with van der Waals surface area (Å²) >= 11 is 0. The molecule has 1 aliphatic rings. The van der Waals surface area contributed by atoms with Gasteiger partial charge in [0, 0.05) is 36.1 Å². The summed E-state index contributed by atoms with van der Waals surface area (Å²) in [5.41, 5.74) is 3.31. The van der Waals surface area contributed by atoms with Gasteiger partial charge in [0.25, 0.3) is 0 Å². The van der Waals surface area contributed by atoms with Gasteiger partial charge in [0.1, 0.15) is 0 Å². The molecule has 130 valence electrons. The minimum atomic E-state index is -3.52. The Morgan fingerprint density at radius 3 is 2.54 bits per heavy atom. The molecule has 5 heteroatoms. The second-order valence-electron chi connectivity index (χ2n) is 6.73. The Bertz CT molecular complexity index is 1240. The van der Waals surface area contributed by atoms with E-state index in [-0.39, 0.29) is 0 Å². The molecule has 26 heavy (non-hydrogen) atoms. The van der Waals surface area contributed by atoms with Gasteiger partial charge in [-0.3, -0.25) is 0 Å². The molecule has 0 fully saturated rings. The normalized spacial score (nSPS) is 15.4. The Labute approximate surface area is 152 Å². The molecule has 2 heterocycles. The lowest BCUT2D eigenvalue weighted by molar-refractivity contribution is 0.391. The number of nitrogens with zero attached hydrogens (tertiary/aromatic N) is 1. The predicted octanol–water partition coefficient (Wildman–Crippen LogP) is 4.07. The van der Waals surface area contributed by atoms with Crippen molar-refractivity contribution in [1.82, 2.24) is 9.29 Å². The average Bonchev–Trinajstić information content (AvgIpc) is 3.05. The molecule has 0 bridgehead atoms. The number of rotatable bonds is 2. The number of hydrogen-bond acceptors (Lipinski definition) is 2. The monoisotopic (exact) mass is 362 g/mol. The van der Waals surface area contributed by atoms with E-state index in [4.69, 9.17) is 0 Å². The van der Waals surface area contributed by atoms with Crippen LogP contribution < -0.4 is 0 Å². The lowest BCUT2D eigenvalue weighted by Crippen LogP contribution is -2.35. The zero-order valence-electron chi connectivity index (χ0n) is 14.1. The number of para-hydroxylation sites is 1. The van der Waals surface area contributed by atoms with Crippen molar-refractivity contribution < 1.29 is 8.42 Å². The van der Waals surface area contributed by atoms with Gasteiger partial charge < -0.3 is 4.98 Å². The fourth-order valence-corrected chi connectivity index (χ4v) is 5.27. The molecule has 5 rings (SSSR count). The number of aromatic nitrogens is 1. The first-order valence-electron chi connectivity index (χ1n) is 8.70. The number of nitrogens with one attached hydrogen (secondary N) is 1. The van der Waals surface area contributed by atoms with Gasteiger partial charge in [0.15, 0.2) is 0 Å². The highest BCUT2D eigenvalue weighted by Crippen LogP contribution is 2.31. The van der Waals surface area contributed by atoms with Crippen LogP contribution in [0, 0.1) is 0 Å². The molecule has 3 aromatic carbocycles. The number of hydrogen-bond donors (Lipinski definition) is 1. The van der Waals surface area contributed by atoms with Crippen LogP contribution >= 0.6 is 0 Å². The molecule has 0 spiro atoms. The van der Waals surface area contributed by atoms with Crippen LogP contribution in [0.15, 0.2) is 71.6 Å². The Hall–Kier alpha value is -2.63. The average molecular weight is 362 g/mol. The molecule has 4 aromatic rings. The SMILES string of the molecule is O=S(=O)(c1ccc2ccccc2c1)N1CCc2[nH]c3ccccc3c2C1. The van der Waals surface area contributed by atoms with Gasteiger partial charge in [0.05, 0.1) is 4.90 Å². The minimum absolute atomic E-state index is 0.361. The highest BCUT2D eigenvalue weighted by atomic mass is 32.2. The van der Waals surface area contributed by atoms with E-state index in [9.17, 15) is 8.42 Å². The topological polar surface area (TPSA) is 53.2 Å². The largest absolute Gasteiger partial charge is 0.358 e. The number of benzene rings is 3. The van der Waals surface area contributed by atoms with Gasteiger partial charge in [-0.2, -0.15) is 4.31 Å². The van der Waals surface area contributed by atoms with E-state index in [2.05, 4.69) is 11.1 Å². The van der Waals surface area contributed by atoms with Crippen LogP contribution in [-0.4, -0.2) is 24.3 Å². The fourth-order valence-electron chi connectivity index (χ4n) is 3.82. The Morgan fingerprint density at radius 1 is 0.885 bits per heavy atom.